The van der Waals surface area contributed by atoms with Gasteiger partial charge in [-0.1, -0.05) is 15.9 Å². The summed E-state index contributed by atoms with van der Waals surface area (Å²) >= 11 is 3.05. The van der Waals surface area contributed by atoms with E-state index in [0.29, 0.717) is 4.47 Å². The Hall–Kier alpha value is -0.330. The van der Waals surface area contributed by atoms with Gasteiger partial charge in [-0.2, -0.15) is 0 Å². The Bertz CT molecular complexity index is 475. The third-order valence-electron chi connectivity index (χ3n) is 1.62. The first-order valence-electron chi connectivity index (χ1n) is 3.77. The molecule has 0 aliphatic carbocycles. The van der Waals surface area contributed by atoms with Crippen LogP contribution in [-0.2, 0) is 14.8 Å². The molecule has 0 aromatic heterocycles. The lowest BCUT2D eigenvalue weighted by atomic mass is 10.2. The van der Waals surface area contributed by atoms with E-state index in [4.69, 9.17) is 15.4 Å². The van der Waals surface area contributed by atoms with E-state index in [2.05, 4.69) is 15.9 Å². The molecular formula is C8H7BrClFO3S. The predicted octanol–water partition coefficient (Wildman–Crippen LogP) is 2.67. The molecule has 0 amide bonds. The first-order chi connectivity index (χ1) is 6.83. The highest BCUT2D eigenvalue weighted by molar-refractivity contribution is 9.10. The zero-order valence-corrected chi connectivity index (χ0v) is 10.8. The standard InChI is InChI=1S/C8H7BrClFO3S/c1-14-8-5(4-15(10,12)13)2-6(9)3-7(8)11/h2-3H,4H2,1H3. The zero-order chi connectivity index (χ0) is 11.6. The Morgan fingerprint density at radius 2 is 2.13 bits per heavy atom. The molecule has 1 rings (SSSR count). The maximum atomic E-state index is 13.3. The minimum absolute atomic E-state index is 0.109. The molecule has 0 bridgehead atoms. The number of hydrogen-bond acceptors (Lipinski definition) is 3. The molecule has 0 N–H and O–H groups in total. The molecule has 0 radical (unpaired) electrons. The van der Waals surface area contributed by atoms with Crippen molar-refractivity contribution in [3.63, 3.8) is 0 Å². The van der Waals surface area contributed by atoms with Gasteiger partial charge in [0.1, 0.15) is 0 Å². The fourth-order valence-electron chi connectivity index (χ4n) is 1.14. The van der Waals surface area contributed by atoms with Crippen LogP contribution in [0.15, 0.2) is 16.6 Å². The van der Waals surface area contributed by atoms with Gasteiger partial charge in [-0.25, -0.2) is 12.8 Å². The molecule has 0 saturated carbocycles. The molecule has 0 fully saturated rings. The molecule has 0 aliphatic rings. The van der Waals surface area contributed by atoms with Crippen LogP contribution in [0.1, 0.15) is 5.56 Å². The number of methoxy groups -OCH3 is 1. The smallest absolute Gasteiger partial charge is 0.236 e. The van der Waals surface area contributed by atoms with Crippen LogP contribution in [0.4, 0.5) is 4.39 Å². The van der Waals surface area contributed by atoms with Gasteiger partial charge in [0.2, 0.25) is 9.05 Å². The molecule has 0 unspecified atom stereocenters. The predicted molar refractivity (Wildman–Crippen MR) is 59.1 cm³/mol. The van der Waals surface area contributed by atoms with Crippen LogP contribution in [0.2, 0.25) is 0 Å². The van der Waals surface area contributed by atoms with Crippen LogP contribution in [-0.4, -0.2) is 15.5 Å². The lowest BCUT2D eigenvalue weighted by molar-refractivity contribution is 0.382. The van der Waals surface area contributed by atoms with Crippen molar-refractivity contribution in [1.29, 1.82) is 0 Å². The van der Waals surface area contributed by atoms with Gasteiger partial charge in [-0.15, -0.1) is 0 Å². The van der Waals surface area contributed by atoms with Gasteiger partial charge in [0.15, 0.2) is 11.6 Å². The van der Waals surface area contributed by atoms with Gasteiger partial charge < -0.3 is 4.74 Å². The Balaban J connectivity index is 3.27. The van der Waals surface area contributed by atoms with E-state index < -0.39 is 20.6 Å². The van der Waals surface area contributed by atoms with Crippen LogP contribution in [0.5, 0.6) is 5.75 Å². The Morgan fingerprint density at radius 1 is 1.53 bits per heavy atom. The average Bonchev–Trinajstić information content (AvgIpc) is 1.99. The summed E-state index contributed by atoms with van der Waals surface area (Å²) in [4.78, 5) is 0. The van der Waals surface area contributed by atoms with E-state index in [9.17, 15) is 12.8 Å². The summed E-state index contributed by atoms with van der Waals surface area (Å²) in [7, 11) is 2.60. The fourth-order valence-corrected chi connectivity index (χ4v) is 2.55. The second-order valence-electron chi connectivity index (χ2n) is 2.76. The maximum absolute atomic E-state index is 13.3. The molecule has 0 saturated heterocycles. The van der Waals surface area contributed by atoms with Crippen LogP contribution >= 0.6 is 26.6 Å². The van der Waals surface area contributed by atoms with Gasteiger partial charge in [0.25, 0.3) is 0 Å². The number of ether oxygens (including phenoxy) is 1. The van der Waals surface area contributed by atoms with Crippen molar-refractivity contribution >= 4 is 35.7 Å². The number of benzene rings is 1. The third kappa shape index (κ3) is 3.62. The highest BCUT2D eigenvalue weighted by Gasteiger charge is 2.16. The molecule has 15 heavy (non-hydrogen) atoms. The van der Waals surface area contributed by atoms with Crippen LogP contribution < -0.4 is 4.74 Å². The summed E-state index contributed by atoms with van der Waals surface area (Å²) in [6.45, 7) is 0. The topological polar surface area (TPSA) is 43.4 Å². The second kappa shape index (κ2) is 4.67. The normalized spacial score (nSPS) is 11.5. The zero-order valence-electron chi connectivity index (χ0n) is 7.63. The van der Waals surface area contributed by atoms with E-state index >= 15 is 0 Å². The largest absolute Gasteiger partial charge is 0.493 e. The van der Waals surface area contributed by atoms with E-state index in [1.54, 1.807) is 0 Å². The van der Waals surface area contributed by atoms with Crippen molar-refractivity contribution in [2.45, 2.75) is 5.75 Å². The van der Waals surface area contributed by atoms with Crippen molar-refractivity contribution in [3.05, 3.63) is 28.0 Å². The fraction of sp³-hybridized carbons (Fsp3) is 0.250. The summed E-state index contributed by atoms with van der Waals surface area (Å²) in [5, 5.41) is 0. The molecule has 0 spiro atoms. The number of hydrogen-bond donors (Lipinski definition) is 0. The summed E-state index contributed by atoms with van der Waals surface area (Å²) in [6.07, 6.45) is 0. The number of halogens is 3. The average molecular weight is 318 g/mol. The molecule has 0 atom stereocenters. The van der Waals surface area contributed by atoms with Crippen molar-refractivity contribution in [1.82, 2.24) is 0 Å². The monoisotopic (exact) mass is 316 g/mol. The van der Waals surface area contributed by atoms with Gasteiger partial charge in [-0.3, -0.25) is 0 Å². The highest BCUT2D eigenvalue weighted by Crippen LogP contribution is 2.29. The molecule has 0 aliphatic heterocycles. The van der Waals surface area contributed by atoms with Gasteiger partial charge in [0.05, 0.1) is 12.9 Å². The van der Waals surface area contributed by atoms with Crippen molar-refractivity contribution in [3.8, 4) is 5.75 Å². The Labute approximate surface area is 99.7 Å². The first-order valence-corrected chi connectivity index (χ1v) is 7.05. The Kier molecular flexibility index (Phi) is 3.97. The lowest BCUT2D eigenvalue weighted by Gasteiger charge is -2.08. The van der Waals surface area contributed by atoms with Crippen LogP contribution in [0, 0.1) is 5.82 Å². The summed E-state index contributed by atoms with van der Waals surface area (Å²) in [5.41, 5.74) is 0.180. The van der Waals surface area contributed by atoms with Crippen molar-refractivity contribution in [2.24, 2.45) is 0 Å². The minimum Gasteiger partial charge on any atom is -0.493 e. The van der Waals surface area contributed by atoms with Gasteiger partial charge in [0, 0.05) is 20.7 Å². The van der Waals surface area contributed by atoms with Gasteiger partial charge >= 0.3 is 0 Å². The van der Waals surface area contributed by atoms with Crippen LogP contribution in [0.25, 0.3) is 0 Å². The Morgan fingerprint density at radius 3 is 2.60 bits per heavy atom. The minimum atomic E-state index is -3.74. The quantitative estimate of drug-likeness (QED) is 0.805. The number of rotatable bonds is 3. The molecule has 1 aromatic carbocycles. The molecule has 3 nitrogen and oxygen atoms in total. The van der Waals surface area contributed by atoms with E-state index in [1.165, 1.54) is 19.2 Å². The molecule has 84 valence electrons. The van der Waals surface area contributed by atoms with E-state index in [1.807, 2.05) is 0 Å². The van der Waals surface area contributed by atoms with E-state index in [0.717, 1.165) is 0 Å². The van der Waals surface area contributed by atoms with Crippen molar-refractivity contribution < 1.29 is 17.5 Å². The van der Waals surface area contributed by atoms with Gasteiger partial charge in [-0.05, 0) is 12.1 Å². The second-order valence-corrected chi connectivity index (χ2v) is 6.46. The van der Waals surface area contributed by atoms with Crippen molar-refractivity contribution in [2.75, 3.05) is 7.11 Å². The third-order valence-corrected chi connectivity index (χ3v) is 3.06. The molecule has 0 heterocycles. The lowest BCUT2D eigenvalue weighted by Crippen LogP contribution is -2.00. The summed E-state index contributed by atoms with van der Waals surface area (Å²) in [6, 6.07) is 2.63. The molecular weight excluding hydrogens is 311 g/mol. The maximum Gasteiger partial charge on any atom is 0.236 e. The molecule has 1 aromatic rings. The van der Waals surface area contributed by atoms with E-state index in [-0.39, 0.29) is 11.3 Å². The SMILES string of the molecule is COc1c(F)cc(Br)cc1CS(=O)(=O)Cl. The summed E-state index contributed by atoms with van der Waals surface area (Å²) in [5.74, 6) is -1.22. The first kappa shape index (κ1) is 12.7. The van der Waals surface area contributed by atoms with Crippen LogP contribution in [0.3, 0.4) is 0 Å². The summed E-state index contributed by atoms with van der Waals surface area (Å²) < 4.78 is 40.2. The highest BCUT2D eigenvalue weighted by atomic mass is 79.9. The molecule has 7 heteroatoms.